The van der Waals surface area contributed by atoms with Gasteiger partial charge in [-0.15, -0.1) is 0 Å². The highest BCUT2D eigenvalue weighted by molar-refractivity contribution is 5.61. The third-order valence-electron chi connectivity index (χ3n) is 4.25. The van der Waals surface area contributed by atoms with Crippen LogP contribution in [0.15, 0.2) is 42.6 Å². The van der Waals surface area contributed by atoms with Gasteiger partial charge in [-0.25, -0.2) is 0 Å². The molecule has 0 atom stereocenters. The molecule has 3 rings (SSSR count). The van der Waals surface area contributed by atoms with Gasteiger partial charge in [-0.1, -0.05) is 24.3 Å². The van der Waals surface area contributed by atoms with E-state index in [2.05, 4.69) is 10.3 Å². The molecule has 0 aliphatic carbocycles. The molecule has 1 aliphatic rings. The number of hydrogen-bond acceptors (Lipinski definition) is 4. The zero-order valence-corrected chi connectivity index (χ0v) is 13.2. The van der Waals surface area contributed by atoms with Crippen LogP contribution < -0.4 is 10.1 Å². The number of piperidine rings is 1. The van der Waals surface area contributed by atoms with E-state index in [1.807, 2.05) is 36.4 Å². The lowest BCUT2D eigenvalue weighted by molar-refractivity contribution is -0.107. The highest BCUT2D eigenvalue weighted by Crippen LogP contribution is 2.21. The number of nitrogens with one attached hydrogen (secondary N) is 1. The first kappa shape index (κ1) is 15.7. The highest BCUT2D eigenvalue weighted by Gasteiger charge is 2.13. The molecule has 1 N–H and O–H groups in total. The van der Waals surface area contributed by atoms with E-state index < -0.39 is 0 Å². The number of aldehydes is 1. The average Bonchev–Trinajstić information content (AvgIpc) is 2.62. The van der Waals surface area contributed by atoms with Gasteiger partial charge in [-0.3, -0.25) is 4.98 Å². The molecule has 1 aromatic heterocycles. The van der Waals surface area contributed by atoms with Crippen LogP contribution in [-0.2, 0) is 11.2 Å². The van der Waals surface area contributed by atoms with Gasteiger partial charge in [0.25, 0.3) is 0 Å². The molecule has 1 aromatic carbocycles. The summed E-state index contributed by atoms with van der Waals surface area (Å²) >= 11 is 0. The lowest BCUT2D eigenvalue weighted by Crippen LogP contribution is -2.30. The van der Waals surface area contributed by atoms with E-state index in [0.29, 0.717) is 12.3 Å². The predicted octanol–water partition coefficient (Wildman–Crippen LogP) is 2.87. The van der Waals surface area contributed by atoms with Gasteiger partial charge in [0.2, 0.25) is 0 Å². The Morgan fingerprint density at radius 2 is 1.91 bits per heavy atom. The zero-order valence-electron chi connectivity index (χ0n) is 13.2. The molecule has 1 aliphatic heterocycles. The van der Waals surface area contributed by atoms with Crippen molar-refractivity contribution < 1.29 is 9.53 Å². The number of pyridine rings is 1. The summed E-state index contributed by atoms with van der Waals surface area (Å²) in [5, 5.41) is 3.36. The van der Waals surface area contributed by atoms with Crippen molar-refractivity contribution in [1.29, 1.82) is 0 Å². The van der Waals surface area contributed by atoms with Crippen LogP contribution in [0.3, 0.4) is 0 Å². The molecule has 2 heterocycles. The first-order chi connectivity index (χ1) is 11.3. The number of nitrogens with zero attached hydrogens (tertiary/aromatic N) is 1. The molecule has 2 aromatic rings. The fourth-order valence-electron chi connectivity index (χ4n) is 2.81. The maximum atomic E-state index is 10.5. The minimum Gasteiger partial charge on any atom is -0.492 e. The first-order valence-electron chi connectivity index (χ1n) is 8.17. The van der Waals surface area contributed by atoms with Gasteiger partial charge >= 0.3 is 0 Å². The second-order valence-corrected chi connectivity index (χ2v) is 5.95. The van der Waals surface area contributed by atoms with Crippen LogP contribution in [0.5, 0.6) is 5.75 Å². The topological polar surface area (TPSA) is 51.2 Å². The molecular formula is C19H22N2O2. The van der Waals surface area contributed by atoms with Gasteiger partial charge in [0, 0.05) is 12.0 Å². The van der Waals surface area contributed by atoms with Crippen LogP contribution in [0.1, 0.15) is 18.4 Å². The van der Waals surface area contributed by atoms with Gasteiger partial charge in [-0.05, 0) is 49.5 Å². The van der Waals surface area contributed by atoms with Gasteiger partial charge in [0.1, 0.15) is 12.0 Å². The second kappa shape index (κ2) is 7.88. The molecule has 0 saturated carbocycles. The van der Waals surface area contributed by atoms with Gasteiger partial charge in [0.05, 0.1) is 18.5 Å². The van der Waals surface area contributed by atoms with E-state index in [0.717, 1.165) is 48.6 Å². The van der Waals surface area contributed by atoms with Crippen molar-refractivity contribution >= 4 is 6.29 Å². The number of hydrogen-bond donors (Lipinski definition) is 1. The summed E-state index contributed by atoms with van der Waals surface area (Å²) in [5.41, 5.74) is 2.98. The molecule has 120 valence electrons. The third-order valence-corrected chi connectivity index (χ3v) is 4.25. The van der Waals surface area contributed by atoms with Gasteiger partial charge in [0.15, 0.2) is 0 Å². The number of benzene rings is 1. The largest absolute Gasteiger partial charge is 0.492 e. The normalized spacial score (nSPS) is 15.3. The van der Waals surface area contributed by atoms with Crippen molar-refractivity contribution in [2.24, 2.45) is 5.92 Å². The Bertz CT molecular complexity index is 617. The molecular weight excluding hydrogens is 288 g/mol. The van der Waals surface area contributed by atoms with E-state index >= 15 is 0 Å². The van der Waals surface area contributed by atoms with Crippen molar-refractivity contribution in [2.75, 3.05) is 19.7 Å². The van der Waals surface area contributed by atoms with E-state index in [9.17, 15) is 4.79 Å². The molecule has 1 fully saturated rings. The summed E-state index contributed by atoms with van der Waals surface area (Å²) in [6.07, 6.45) is 5.52. The predicted molar refractivity (Wildman–Crippen MR) is 90.5 cm³/mol. The Balaban J connectivity index is 1.58. The Labute approximate surface area is 136 Å². The molecule has 1 saturated heterocycles. The highest BCUT2D eigenvalue weighted by atomic mass is 16.5. The van der Waals surface area contributed by atoms with E-state index in [1.165, 1.54) is 12.8 Å². The van der Waals surface area contributed by atoms with Crippen LogP contribution >= 0.6 is 0 Å². The first-order valence-corrected chi connectivity index (χ1v) is 8.17. The van der Waals surface area contributed by atoms with Crippen LogP contribution in [0.2, 0.25) is 0 Å². The molecule has 0 spiro atoms. The van der Waals surface area contributed by atoms with Crippen molar-refractivity contribution in [2.45, 2.75) is 19.3 Å². The Hall–Kier alpha value is -2.20. The van der Waals surface area contributed by atoms with Crippen molar-refractivity contribution in [3.05, 3.63) is 48.2 Å². The lowest BCUT2D eigenvalue weighted by atomic mass is 9.99. The zero-order chi connectivity index (χ0) is 15.9. The molecule has 0 radical (unpaired) electrons. The fraction of sp³-hybridized carbons (Fsp3) is 0.368. The van der Waals surface area contributed by atoms with Crippen LogP contribution in [0, 0.1) is 5.92 Å². The Morgan fingerprint density at radius 1 is 1.13 bits per heavy atom. The number of carbonyl (C=O) groups excluding carboxylic acids is 1. The quantitative estimate of drug-likeness (QED) is 0.834. The Morgan fingerprint density at radius 3 is 2.57 bits per heavy atom. The van der Waals surface area contributed by atoms with Gasteiger partial charge in [-0.2, -0.15) is 0 Å². The SMILES string of the molecule is O=CCc1ccc(-c2ccc(OCC3CCNCC3)cn2)cc1. The maximum Gasteiger partial charge on any atom is 0.137 e. The maximum absolute atomic E-state index is 10.5. The summed E-state index contributed by atoms with van der Waals surface area (Å²) in [6, 6.07) is 11.9. The minimum atomic E-state index is 0.456. The van der Waals surface area contributed by atoms with E-state index in [1.54, 1.807) is 6.20 Å². The monoisotopic (exact) mass is 310 g/mol. The molecule has 23 heavy (non-hydrogen) atoms. The molecule has 0 unspecified atom stereocenters. The molecule has 4 heteroatoms. The van der Waals surface area contributed by atoms with E-state index in [-0.39, 0.29) is 0 Å². The average molecular weight is 310 g/mol. The minimum absolute atomic E-state index is 0.456. The second-order valence-electron chi connectivity index (χ2n) is 5.95. The Kier molecular flexibility index (Phi) is 5.37. The summed E-state index contributed by atoms with van der Waals surface area (Å²) in [5.74, 6) is 1.46. The van der Waals surface area contributed by atoms with Crippen LogP contribution in [0.4, 0.5) is 0 Å². The fourth-order valence-corrected chi connectivity index (χ4v) is 2.81. The molecule has 0 bridgehead atoms. The van der Waals surface area contributed by atoms with E-state index in [4.69, 9.17) is 4.74 Å². The smallest absolute Gasteiger partial charge is 0.137 e. The standard InChI is InChI=1S/C19H22N2O2/c22-12-9-15-1-3-17(4-2-15)19-6-5-18(13-21-19)23-14-16-7-10-20-11-8-16/h1-6,12-13,16,20H,7-11,14H2. The van der Waals surface area contributed by atoms with Crippen molar-refractivity contribution in [3.8, 4) is 17.0 Å². The summed E-state index contributed by atoms with van der Waals surface area (Å²) < 4.78 is 5.86. The van der Waals surface area contributed by atoms with Crippen LogP contribution in [0.25, 0.3) is 11.3 Å². The number of carbonyl (C=O) groups is 1. The lowest BCUT2D eigenvalue weighted by Gasteiger charge is -2.22. The van der Waals surface area contributed by atoms with Crippen LogP contribution in [-0.4, -0.2) is 31.0 Å². The van der Waals surface area contributed by atoms with Crippen molar-refractivity contribution in [3.63, 3.8) is 0 Å². The third kappa shape index (κ3) is 4.39. The molecule has 4 nitrogen and oxygen atoms in total. The number of ether oxygens (including phenoxy) is 1. The number of rotatable bonds is 6. The summed E-state index contributed by atoms with van der Waals surface area (Å²) in [4.78, 5) is 15.0. The van der Waals surface area contributed by atoms with Crippen molar-refractivity contribution in [1.82, 2.24) is 10.3 Å². The molecule has 0 amide bonds. The number of aromatic nitrogens is 1. The summed E-state index contributed by atoms with van der Waals surface area (Å²) in [7, 11) is 0. The summed E-state index contributed by atoms with van der Waals surface area (Å²) in [6.45, 7) is 2.94. The van der Waals surface area contributed by atoms with Gasteiger partial charge < -0.3 is 14.8 Å².